The first-order valence-electron chi connectivity index (χ1n) is 11.1. The minimum atomic E-state index is -4.57. The van der Waals surface area contributed by atoms with Crippen LogP contribution in [0.4, 0.5) is 0 Å². The molecular weight excluding hydrogens is 534 g/mol. The van der Waals surface area contributed by atoms with Crippen molar-refractivity contribution in [2.45, 2.75) is 29.7 Å². The van der Waals surface area contributed by atoms with Crippen LogP contribution in [0.25, 0.3) is 11.0 Å². The lowest BCUT2D eigenvalue weighted by molar-refractivity contribution is 0.0696. The second kappa shape index (κ2) is 10.4. The molecule has 1 unspecified atom stereocenters. The summed E-state index contributed by atoms with van der Waals surface area (Å²) in [5.74, 6) is -0.617. The van der Waals surface area contributed by atoms with E-state index in [2.05, 4.69) is 9.97 Å². The summed E-state index contributed by atoms with van der Waals surface area (Å²) in [5, 5.41) is 9.20. The van der Waals surface area contributed by atoms with E-state index in [1.54, 1.807) is 25.3 Å². The van der Waals surface area contributed by atoms with E-state index in [1.165, 1.54) is 39.5 Å². The predicted molar refractivity (Wildman–Crippen MR) is 139 cm³/mol. The van der Waals surface area contributed by atoms with E-state index in [4.69, 9.17) is 14.2 Å². The van der Waals surface area contributed by atoms with Gasteiger partial charge in [-0.05, 0) is 44.2 Å². The Morgan fingerprint density at radius 3 is 2.42 bits per heavy atom. The second-order valence-corrected chi connectivity index (χ2v) is 11.3. The average Bonchev–Trinajstić information content (AvgIpc) is 3.30. The molecule has 2 aromatic heterocycles. The van der Waals surface area contributed by atoms with Gasteiger partial charge in [0.25, 0.3) is 10.0 Å². The number of aryl methyl sites for hydroxylation is 1. The van der Waals surface area contributed by atoms with Gasteiger partial charge < -0.3 is 19.3 Å². The topological polar surface area (TPSA) is 147 Å². The lowest BCUT2D eigenvalue weighted by Gasteiger charge is -2.15. The number of methoxy groups -OCH3 is 3. The Kier molecular flexibility index (Phi) is 7.42. The number of benzene rings is 2. The van der Waals surface area contributed by atoms with Crippen molar-refractivity contribution in [2.75, 3.05) is 21.3 Å². The molecule has 0 aliphatic carbocycles. The van der Waals surface area contributed by atoms with Crippen LogP contribution in [0.2, 0.25) is 0 Å². The van der Waals surface area contributed by atoms with Crippen molar-refractivity contribution < 1.29 is 36.7 Å². The zero-order valence-corrected chi connectivity index (χ0v) is 22.8. The number of aromatic carboxylic acids is 1. The third-order valence-electron chi connectivity index (χ3n) is 5.94. The summed E-state index contributed by atoms with van der Waals surface area (Å²) in [6.45, 7) is 3.61. The van der Waals surface area contributed by atoms with E-state index in [0.29, 0.717) is 22.8 Å². The van der Waals surface area contributed by atoms with Crippen LogP contribution in [0.1, 0.15) is 27.2 Å². The molecule has 0 fully saturated rings. The van der Waals surface area contributed by atoms with Gasteiger partial charge in [-0.25, -0.2) is 22.2 Å². The molecule has 2 heterocycles. The van der Waals surface area contributed by atoms with Crippen LogP contribution in [0, 0.1) is 13.8 Å². The highest BCUT2D eigenvalue weighted by Crippen LogP contribution is 2.33. The molecule has 0 aliphatic rings. The second-order valence-electron chi connectivity index (χ2n) is 8.23. The lowest BCUT2D eigenvalue weighted by Crippen LogP contribution is -2.19. The summed E-state index contributed by atoms with van der Waals surface area (Å²) in [6.07, 6.45) is 1.59. The van der Waals surface area contributed by atoms with Crippen molar-refractivity contribution in [3.8, 4) is 17.2 Å². The number of pyridine rings is 1. The number of carbonyl (C=O) groups is 1. The first-order chi connectivity index (χ1) is 18.0. The van der Waals surface area contributed by atoms with Gasteiger partial charge in [0.2, 0.25) is 5.16 Å². The monoisotopic (exact) mass is 559 g/mol. The van der Waals surface area contributed by atoms with E-state index in [0.717, 1.165) is 15.6 Å². The van der Waals surface area contributed by atoms with Crippen LogP contribution in [0.5, 0.6) is 17.2 Å². The molecule has 1 atom stereocenters. The van der Waals surface area contributed by atoms with Crippen molar-refractivity contribution in [1.29, 1.82) is 0 Å². The van der Waals surface area contributed by atoms with Crippen molar-refractivity contribution in [2.24, 2.45) is 0 Å². The Labute approximate surface area is 221 Å². The summed E-state index contributed by atoms with van der Waals surface area (Å²) in [7, 11) is -2.36. The molecule has 2 aromatic carbocycles. The maximum Gasteiger partial charge on any atom is 0.335 e. The normalized spacial score (nSPS) is 12.3. The molecule has 4 aromatic rings. The summed E-state index contributed by atoms with van der Waals surface area (Å²) in [5.41, 5.74) is 2.00. The number of imidazole rings is 1. The fourth-order valence-electron chi connectivity index (χ4n) is 4.03. The standard InChI is InChI=1S/C25H25N3O8S2/c1-14-12-26-19(15(2)23(14)36-5)13-37(31)25-27-18-8-7-17(34-3)11-20(18)28(25)38(32,33)22-10-16(24(29)30)6-9-21(22)35-4/h6-12H,13H2,1-5H3,(H,29,30). The van der Waals surface area contributed by atoms with Gasteiger partial charge >= 0.3 is 5.97 Å². The Balaban J connectivity index is 1.96. The lowest BCUT2D eigenvalue weighted by atomic mass is 10.1. The number of hydrogen-bond acceptors (Lipinski definition) is 9. The minimum absolute atomic E-state index is 0.0859. The number of hydrogen-bond donors (Lipinski definition) is 1. The first-order valence-corrected chi connectivity index (χ1v) is 13.9. The van der Waals surface area contributed by atoms with E-state index < -0.39 is 31.7 Å². The molecule has 13 heteroatoms. The van der Waals surface area contributed by atoms with Crippen LogP contribution in [-0.2, 0) is 26.6 Å². The molecule has 38 heavy (non-hydrogen) atoms. The molecule has 200 valence electrons. The molecule has 11 nitrogen and oxygen atoms in total. The Hall–Kier alpha value is -3.97. The number of ether oxygens (including phenoxy) is 3. The fourth-order valence-corrected chi connectivity index (χ4v) is 7.26. The number of rotatable bonds is 9. The van der Waals surface area contributed by atoms with Gasteiger partial charge in [-0.15, -0.1) is 0 Å². The van der Waals surface area contributed by atoms with E-state index in [-0.39, 0.29) is 33.3 Å². The molecule has 0 amide bonds. The molecule has 1 N–H and O–H groups in total. The van der Waals surface area contributed by atoms with Gasteiger partial charge in [0.1, 0.15) is 22.1 Å². The highest BCUT2D eigenvalue weighted by Gasteiger charge is 2.31. The van der Waals surface area contributed by atoms with Crippen LogP contribution >= 0.6 is 0 Å². The van der Waals surface area contributed by atoms with E-state index >= 15 is 0 Å². The molecule has 4 rings (SSSR count). The third kappa shape index (κ3) is 4.70. The Bertz CT molecular complexity index is 1700. The maximum absolute atomic E-state index is 14.1. The van der Waals surface area contributed by atoms with Crippen molar-refractivity contribution in [3.63, 3.8) is 0 Å². The molecule has 0 bridgehead atoms. The summed E-state index contributed by atoms with van der Waals surface area (Å²) in [6, 6.07) is 8.07. The summed E-state index contributed by atoms with van der Waals surface area (Å²) in [4.78, 5) is 20.0. The molecule has 0 saturated carbocycles. The highest BCUT2D eigenvalue weighted by molar-refractivity contribution is 7.91. The number of fused-ring (bicyclic) bond motifs is 1. The van der Waals surface area contributed by atoms with Gasteiger partial charge in [-0.2, -0.15) is 0 Å². The molecule has 0 aliphatic heterocycles. The van der Waals surface area contributed by atoms with Gasteiger partial charge in [0.15, 0.2) is 0 Å². The largest absolute Gasteiger partial charge is 0.497 e. The van der Waals surface area contributed by atoms with Gasteiger partial charge in [0.05, 0.1) is 60.2 Å². The van der Waals surface area contributed by atoms with Gasteiger partial charge in [-0.1, -0.05) is 0 Å². The predicted octanol–water partition coefficient (Wildman–Crippen LogP) is 3.32. The van der Waals surface area contributed by atoms with Crippen LogP contribution in [0.15, 0.2) is 52.6 Å². The third-order valence-corrected chi connectivity index (χ3v) is 9.00. The van der Waals surface area contributed by atoms with Crippen molar-refractivity contribution in [3.05, 3.63) is 65.0 Å². The SMILES string of the molecule is COc1ccc2nc(S(=O)Cc3ncc(C)c(OC)c3C)n(S(=O)(=O)c3cc(C(=O)O)ccc3OC)c2c1. The minimum Gasteiger partial charge on any atom is -0.497 e. The Morgan fingerprint density at radius 2 is 1.79 bits per heavy atom. The van der Waals surface area contributed by atoms with Crippen molar-refractivity contribution in [1.82, 2.24) is 13.9 Å². The Morgan fingerprint density at radius 1 is 1.05 bits per heavy atom. The maximum atomic E-state index is 14.1. The molecule has 0 saturated heterocycles. The van der Waals surface area contributed by atoms with Crippen LogP contribution in [-0.4, -0.2) is 59.0 Å². The number of carboxylic acids is 1. The molecule has 0 radical (unpaired) electrons. The fraction of sp³-hybridized carbons (Fsp3) is 0.240. The number of nitrogens with zero attached hydrogens (tertiary/aromatic N) is 3. The van der Waals surface area contributed by atoms with Crippen LogP contribution < -0.4 is 14.2 Å². The first kappa shape index (κ1) is 27.1. The zero-order chi connectivity index (χ0) is 27.8. The number of carboxylic acid groups (broad SMARTS) is 1. The van der Waals surface area contributed by atoms with Gasteiger partial charge in [0, 0.05) is 23.4 Å². The van der Waals surface area contributed by atoms with Crippen LogP contribution in [0.3, 0.4) is 0 Å². The van der Waals surface area contributed by atoms with Crippen molar-refractivity contribution >= 4 is 37.8 Å². The van der Waals surface area contributed by atoms with E-state index in [1.807, 2.05) is 6.92 Å². The zero-order valence-electron chi connectivity index (χ0n) is 21.2. The quantitative estimate of drug-likeness (QED) is 0.324. The average molecular weight is 560 g/mol. The molecule has 0 spiro atoms. The smallest absolute Gasteiger partial charge is 0.335 e. The summed E-state index contributed by atoms with van der Waals surface area (Å²) < 4.78 is 58.7. The number of aromatic nitrogens is 3. The van der Waals surface area contributed by atoms with E-state index in [9.17, 15) is 22.5 Å². The molecular formula is C25H25N3O8S2. The summed E-state index contributed by atoms with van der Waals surface area (Å²) >= 11 is 0. The highest BCUT2D eigenvalue weighted by atomic mass is 32.2. The van der Waals surface area contributed by atoms with Gasteiger partial charge in [-0.3, -0.25) is 9.19 Å².